The summed E-state index contributed by atoms with van der Waals surface area (Å²) in [5.41, 5.74) is 20.9. The normalized spacial score (nSPS) is 11.4. The maximum absolute atomic E-state index is 2.47. The zero-order valence-electron chi connectivity index (χ0n) is 41.8. The first kappa shape index (κ1) is 44.7. The van der Waals surface area contributed by atoms with Gasteiger partial charge in [0.05, 0.1) is 11.0 Å². The number of hydrogen-bond acceptors (Lipinski definition) is 1. The Morgan fingerprint density at radius 2 is 0.632 bits per heavy atom. The molecule has 2 heteroatoms. The molecule has 13 aromatic carbocycles. The van der Waals surface area contributed by atoms with Crippen LogP contribution in [-0.4, -0.2) is 4.57 Å². The summed E-state index contributed by atoms with van der Waals surface area (Å²) in [7, 11) is 0. The van der Waals surface area contributed by atoms with Crippen molar-refractivity contribution in [2.24, 2.45) is 0 Å². The highest BCUT2D eigenvalue weighted by Crippen LogP contribution is 2.43. The first-order valence-corrected chi connectivity index (χ1v) is 26.1. The van der Waals surface area contributed by atoms with Gasteiger partial charge in [0.25, 0.3) is 0 Å². The van der Waals surface area contributed by atoms with E-state index in [9.17, 15) is 0 Å². The SMILES string of the molecule is c1ccc(-c2cccc(-c3cc(-c4cccc(-c5ccccc5)c4)cc(-n4c5ccccc5c5cc(-c6ccccc6-c6cccc(N(c7ccc8ccccc8c7)c7ccc8ccccc8c7)c6)ccc54)c3)c2)cc1. The van der Waals surface area contributed by atoms with E-state index >= 15 is 0 Å². The van der Waals surface area contributed by atoms with Crippen LogP contribution in [0.15, 0.2) is 303 Å². The molecule has 0 unspecified atom stereocenters. The van der Waals surface area contributed by atoms with Gasteiger partial charge in [0.15, 0.2) is 0 Å². The highest BCUT2D eigenvalue weighted by atomic mass is 15.1. The Kier molecular flexibility index (Phi) is 11.2. The lowest BCUT2D eigenvalue weighted by Gasteiger charge is -2.27. The number of anilines is 3. The second kappa shape index (κ2) is 19.1. The van der Waals surface area contributed by atoms with Crippen LogP contribution in [0.5, 0.6) is 0 Å². The zero-order valence-corrected chi connectivity index (χ0v) is 41.8. The van der Waals surface area contributed by atoms with Crippen LogP contribution in [0, 0.1) is 0 Å². The van der Waals surface area contributed by atoms with E-state index in [2.05, 4.69) is 313 Å². The molecule has 0 saturated heterocycles. The van der Waals surface area contributed by atoms with E-state index in [-0.39, 0.29) is 0 Å². The second-order valence-electron chi connectivity index (χ2n) is 19.7. The van der Waals surface area contributed by atoms with Crippen molar-refractivity contribution in [3.8, 4) is 72.4 Å². The Bertz CT molecular complexity index is 4290. The fourth-order valence-corrected chi connectivity index (χ4v) is 11.4. The largest absolute Gasteiger partial charge is 0.310 e. The van der Waals surface area contributed by atoms with Crippen LogP contribution >= 0.6 is 0 Å². The minimum absolute atomic E-state index is 1.09. The average molecular weight is 967 g/mol. The van der Waals surface area contributed by atoms with Crippen molar-refractivity contribution in [3.05, 3.63) is 303 Å². The third-order valence-electron chi connectivity index (χ3n) is 15.1. The first-order valence-electron chi connectivity index (χ1n) is 26.1. The fourth-order valence-electron chi connectivity index (χ4n) is 11.4. The summed E-state index contributed by atoms with van der Waals surface area (Å²) in [6, 6.07) is 111. The summed E-state index contributed by atoms with van der Waals surface area (Å²) in [5.74, 6) is 0. The van der Waals surface area contributed by atoms with E-state index in [1.807, 2.05) is 0 Å². The molecule has 0 radical (unpaired) electrons. The third-order valence-corrected chi connectivity index (χ3v) is 15.1. The summed E-state index contributed by atoms with van der Waals surface area (Å²) < 4.78 is 2.47. The van der Waals surface area contributed by atoms with E-state index in [4.69, 9.17) is 0 Å². The minimum atomic E-state index is 1.09. The van der Waals surface area contributed by atoms with Gasteiger partial charge in [-0.25, -0.2) is 0 Å². The topological polar surface area (TPSA) is 8.17 Å². The first-order chi connectivity index (χ1) is 37.6. The summed E-state index contributed by atoms with van der Waals surface area (Å²) in [6.07, 6.45) is 0. The van der Waals surface area contributed by atoms with Gasteiger partial charge in [-0.05, 0) is 173 Å². The predicted octanol–water partition coefficient (Wildman–Crippen LogP) is 20.6. The average Bonchev–Trinajstić information content (AvgIpc) is 3.86. The molecule has 1 aromatic heterocycles. The third kappa shape index (κ3) is 8.29. The molecule has 0 aliphatic heterocycles. The lowest BCUT2D eigenvalue weighted by molar-refractivity contribution is 1.18. The standard InChI is InChI=1S/C74H50N2/c1-3-18-51(19-4-1)55-26-15-28-57(42-55)63-44-64(58-29-16-27-56(43-58)52-20-5-2-6-21-52)49-68(48-63)76-73-35-14-13-34-71(73)72-50-62(38-41-74(72)76)70-33-12-11-32-69(70)61-30-17-31-65(47-61)75(66-39-36-53-22-7-9-24-59(53)45-66)67-40-37-54-23-8-10-25-60(54)46-67/h1-50H. The summed E-state index contributed by atoms with van der Waals surface area (Å²) in [4.78, 5) is 2.40. The van der Waals surface area contributed by atoms with E-state index in [0.29, 0.717) is 0 Å². The fraction of sp³-hybridized carbons (Fsp3) is 0. The lowest BCUT2D eigenvalue weighted by Crippen LogP contribution is -2.10. The number of fused-ring (bicyclic) bond motifs is 5. The number of hydrogen-bond donors (Lipinski definition) is 0. The van der Waals surface area contributed by atoms with E-state index in [0.717, 1.165) is 50.5 Å². The van der Waals surface area contributed by atoms with Crippen LogP contribution in [0.4, 0.5) is 17.1 Å². The Balaban J connectivity index is 0.902. The molecule has 2 nitrogen and oxygen atoms in total. The van der Waals surface area contributed by atoms with Gasteiger partial charge >= 0.3 is 0 Å². The molecule has 1 heterocycles. The van der Waals surface area contributed by atoms with E-state index in [1.54, 1.807) is 0 Å². The maximum Gasteiger partial charge on any atom is 0.0541 e. The molecule has 0 aliphatic carbocycles. The minimum Gasteiger partial charge on any atom is -0.310 e. The van der Waals surface area contributed by atoms with Gasteiger partial charge in [-0.15, -0.1) is 0 Å². The molecule has 14 rings (SSSR count). The molecule has 0 saturated carbocycles. The molecule has 0 atom stereocenters. The highest BCUT2D eigenvalue weighted by Gasteiger charge is 2.19. The zero-order chi connectivity index (χ0) is 50.4. The van der Waals surface area contributed by atoms with Crippen molar-refractivity contribution in [2.75, 3.05) is 4.90 Å². The molecule has 0 spiro atoms. The number of nitrogens with zero attached hydrogens (tertiary/aromatic N) is 2. The summed E-state index contributed by atoms with van der Waals surface area (Å²) in [5, 5.41) is 7.28. The van der Waals surface area contributed by atoms with Gasteiger partial charge < -0.3 is 9.47 Å². The Morgan fingerprint density at radius 3 is 1.22 bits per heavy atom. The molecule has 14 aromatic rings. The van der Waals surface area contributed by atoms with Crippen molar-refractivity contribution < 1.29 is 0 Å². The Morgan fingerprint density at radius 1 is 0.211 bits per heavy atom. The van der Waals surface area contributed by atoms with Crippen molar-refractivity contribution >= 4 is 60.4 Å². The molecule has 0 amide bonds. The van der Waals surface area contributed by atoms with Gasteiger partial charge in [-0.3, -0.25) is 0 Å². The molecule has 356 valence electrons. The van der Waals surface area contributed by atoms with Crippen LogP contribution in [0.2, 0.25) is 0 Å². The highest BCUT2D eigenvalue weighted by molar-refractivity contribution is 6.11. The number of aromatic nitrogens is 1. The van der Waals surface area contributed by atoms with Crippen LogP contribution in [-0.2, 0) is 0 Å². The van der Waals surface area contributed by atoms with Crippen LogP contribution in [0.25, 0.3) is 116 Å². The Hall–Kier alpha value is -10.0. The van der Waals surface area contributed by atoms with Gasteiger partial charge in [-0.1, -0.05) is 218 Å². The van der Waals surface area contributed by atoms with Gasteiger partial charge in [0, 0.05) is 33.5 Å². The molecular formula is C74H50N2. The van der Waals surface area contributed by atoms with E-state index < -0.39 is 0 Å². The van der Waals surface area contributed by atoms with Gasteiger partial charge in [0.1, 0.15) is 0 Å². The Labute approximate surface area is 443 Å². The molecule has 0 aliphatic rings. The molecule has 0 N–H and O–H groups in total. The van der Waals surface area contributed by atoms with Crippen molar-refractivity contribution in [2.45, 2.75) is 0 Å². The van der Waals surface area contributed by atoms with Gasteiger partial charge in [-0.2, -0.15) is 0 Å². The van der Waals surface area contributed by atoms with E-state index in [1.165, 1.54) is 82.4 Å². The van der Waals surface area contributed by atoms with Crippen LogP contribution in [0.3, 0.4) is 0 Å². The molecule has 76 heavy (non-hydrogen) atoms. The van der Waals surface area contributed by atoms with Crippen molar-refractivity contribution in [3.63, 3.8) is 0 Å². The second-order valence-corrected chi connectivity index (χ2v) is 19.7. The van der Waals surface area contributed by atoms with Crippen LogP contribution < -0.4 is 4.90 Å². The quantitative estimate of drug-likeness (QED) is 0.133. The molecule has 0 fully saturated rings. The van der Waals surface area contributed by atoms with Crippen LogP contribution in [0.1, 0.15) is 0 Å². The smallest absolute Gasteiger partial charge is 0.0541 e. The van der Waals surface area contributed by atoms with Crippen molar-refractivity contribution in [1.82, 2.24) is 4.57 Å². The summed E-state index contributed by atoms with van der Waals surface area (Å²) >= 11 is 0. The molecule has 0 bridgehead atoms. The number of para-hydroxylation sites is 1. The number of benzene rings is 13. The molecular weight excluding hydrogens is 917 g/mol. The lowest BCUT2D eigenvalue weighted by atomic mass is 9.93. The predicted molar refractivity (Wildman–Crippen MR) is 323 cm³/mol. The maximum atomic E-state index is 2.47. The number of rotatable bonds is 10. The monoisotopic (exact) mass is 966 g/mol. The summed E-state index contributed by atoms with van der Waals surface area (Å²) in [6.45, 7) is 0. The van der Waals surface area contributed by atoms with Gasteiger partial charge in [0.2, 0.25) is 0 Å². The van der Waals surface area contributed by atoms with Crippen molar-refractivity contribution in [1.29, 1.82) is 0 Å².